The minimum atomic E-state index is -0.0954. The Kier molecular flexibility index (Phi) is 5.20. The van der Waals surface area contributed by atoms with Crippen LogP contribution in [0, 0.1) is 0 Å². The number of rotatable bonds is 5. The Morgan fingerprint density at radius 3 is 2.57 bits per heavy atom. The second-order valence-corrected chi connectivity index (χ2v) is 5.61. The average Bonchev–Trinajstić information content (AvgIpc) is 2.48. The van der Waals surface area contributed by atoms with Crippen LogP contribution in [-0.2, 0) is 16.1 Å². The maximum absolute atomic E-state index is 11.9. The largest absolute Gasteiger partial charge is 0.378 e. The highest BCUT2D eigenvalue weighted by atomic mass is 16.2. The van der Waals surface area contributed by atoms with Gasteiger partial charge in [0.15, 0.2) is 0 Å². The molecule has 0 bridgehead atoms. The second kappa shape index (κ2) is 7.11. The fourth-order valence-corrected chi connectivity index (χ4v) is 2.37. The molecule has 1 saturated heterocycles. The Morgan fingerprint density at radius 2 is 1.95 bits per heavy atom. The number of carbonyl (C=O) groups is 2. The van der Waals surface area contributed by atoms with Crippen LogP contribution in [0.5, 0.6) is 0 Å². The Bertz CT molecular complexity index is 497. The van der Waals surface area contributed by atoms with E-state index in [0.29, 0.717) is 19.5 Å². The fourth-order valence-electron chi connectivity index (χ4n) is 2.37. The van der Waals surface area contributed by atoms with Gasteiger partial charge in [-0.15, -0.1) is 0 Å². The van der Waals surface area contributed by atoms with E-state index in [9.17, 15) is 9.59 Å². The predicted octanol–water partition coefficient (Wildman–Crippen LogP) is 1.38. The zero-order valence-corrected chi connectivity index (χ0v) is 12.8. The van der Waals surface area contributed by atoms with Crippen LogP contribution < -0.4 is 10.2 Å². The van der Waals surface area contributed by atoms with E-state index >= 15 is 0 Å². The van der Waals surface area contributed by atoms with Crippen molar-refractivity contribution < 1.29 is 9.59 Å². The van der Waals surface area contributed by atoms with Crippen molar-refractivity contribution in [2.75, 3.05) is 32.1 Å². The van der Waals surface area contributed by atoms with E-state index in [-0.39, 0.29) is 18.4 Å². The maximum Gasteiger partial charge on any atom is 0.239 e. The molecule has 0 unspecified atom stereocenters. The van der Waals surface area contributed by atoms with Gasteiger partial charge in [0.05, 0.1) is 6.54 Å². The van der Waals surface area contributed by atoms with Gasteiger partial charge in [0, 0.05) is 39.3 Å². The van der Waals surface area contributed by atoms with Crippen molar-refractivity contribution in [3.05, 3.63) is 29.8 Å². The van der Waals surface area contributed by atoms with E-state index in [1.807, 2.05) is 43.3 Å². The molecule has 1 aromatic rings. The van der Waals surface area contributed by atoms with Crippen molar-refractivity contribution in [2.45, 2.75) is 25.8 Å². The Balaban J connectivity index is 1.79. The minimum Gasteiger partial charge on any atom is -0.378 e. The summed E-state index contributed by atoms with van der Waals surface area (Å²) in [5, 5.41) is 2.87. The zero-order chi connectivity index (χ0) is 15.2. The minimum absolute atomic E-state index is 0.0896. The van der Waals surface area contributed by atoms with Crippen LogP contribution >= 0.6 is 0 Å². The Morgan fingerprint density at radius 1 is 1.24 bits per heavy atom. The van der Waals surface area contributed by atoms with Gasteiger partial charge in [-0.25, -0.2) is 0 Å². The molecule has 1 N–H and O–H groups in total. The predicted molar refractivity (Wildman–Crippen MR) is 83.0 cm³/mol. The molecule has 1 heterocycles. The molecule has 2 amide bonds. The Labute approximate surface area is 125 Å². The molecule has 1 fully saturated rings. The third-order valence-corrected chi connectivity index (χ3v) is 3.70. The SMILES string of the molecule is CN(C)c1ccc(CNC(=O)CN2CCCCC2=O)cc1. The molecule has 0 radical (unpaired) electrons. The molecule has 2 rings (SSSR count). The molecule has 1 aliphatic rings. The second-order valence-electron chi connectivity index (χ2n) is 5.61. The highest BCUT2D eigenvalue weighted by molar-refractivity contribution is 5.85. The number of amides is 2. The van der Waals surface area contributed by atoms with Crippen LogP contribution in [0.3, 0.4) is 0 Å². The normalized spacial score (nSPS) is 15.0. The van der Waals surface area contributed by atoms with Crippen LogP contribution in [0.25, 0.3) is 0 Å². The number of nitrogens with one attached hydrogen (secondary N) is 1. The average molecular weight is 289 g/mol. The van der Waals surface area contributed by atoms with Gasteiger partial charge in [0.25, 0.3) is 0 Å². The smallest absolute Gasteiger partial charge is 0.239 e. The van der Waals surface area contributed by atoms with Crippen molar-refractivity contribution in [3.8, 4) is 0 Å². The first kappa shape index (κ1) is 15.4. The summed E-state index contributed by atoms with van der Waals surface area (Å²) in [5.74, 6) is -0.00586. The summed E-state index contributed by atoms with van der Waals surface area (Å²) >= 11 is 0. The first-order valence-electron chi connectivity index (χ1n) is 7.37. The summed E-state index contributed by atoms with van der Waals surface area (Å²) < 4.78 is 0. The van der Waals surface area contributed by atoms with Gasteiger partial charge in [-0.2, -0.15) is 0 Å². The van der Waals surface area contributed by atoms with Crippen LogP contribution in [0.4, 0.5) is 5.69 Å². The lowest BCUT2D eigenvalue weighted by molar-refractivity contribution is -0.137. The first-order valence-corrected chi connectivity index (χ1v) is 7.37. The van der Waals surface area contributed by atoms with Crippen LogP contribution in [0.15, 0.2) is 24.3 Å². The number of nitrogens with zero attached hydrogens (tertiary/aromatic N) is 2. The van der Waals surface area contributed by atoms with Gasteiger partial charge < -0.3 is 15.1 Å². The van der Waals surface area contributed by atoms with Crippen molar-refractivity contribution in [1.82, 2.24) is 10.2 Å². The van der Waals surface area contributed by atoms with E-state index in [2.05, 4.69) is 5.32 Å². The highest BCUT2D eigenvalue weighted by Gasteiger charge is 2.20. The third kappa shape index (κ3) is 4.48. The fraction of sp³-hybridized carbons (Fsp3) is 0.500. The number of hydrogen-bond donors (Lipinski definition) is 1. The highest BCUT2D eigenvalue weighted by Crippen LogP contribution is 2.12. The van der Waals surface area contributed by atoms with Gasteiger partial charge >= 0.3 is 0 Å². The van der Waals surface area contributed by atoms with E-state index in [0.717, 1.165) is 24.1 Å². The number of likely N-dealkylation sites (tertiary alicyclic amines) is 1. The summed E-state index contributed by atoms with van der Waals surface area (Å²) in [6.45, 7) is 1.37. The summed E-state index contributed by atoms with van der Waals surface area (Å²) in [4.78, 5) is 27.2. The molecule has 21 heavy (non-hydrogen) atoms. The van der Waals surface area contributed by atoms with Crippen LogP contribution in [0.2, 0.25) is 0 Å². The molecule has 0 aliphatic carbocycles. The molecule has 0 aromatic heterocycles. The molecular weight excluding hydrogens is 266 g/mol. The summed E-state index contributed by atoms with van der Waals surface area (Å²) in [6, 6.07) is 8.05. The lowest BCUT2D eigenvalue weighted by atomic mass is 10.1. The summed E-state index contributed by atoms with van der Waals surface area (Å²) in [6.07, 6.45) is 2.50. The van der Waals surface area contributed by atoms with Crippen molar-refractivity contribution in [2.24, 2.45) is 0 Å². The summed E-state index contributed by atoms with van der Waals surface area (Å²) in [7, 11) is 3.98. The van der Waals surface area contributed by atoms with Crippen molar-refractivity contribution in [1.29, 1.82) is 0 Å². The van der Waals surface area contributed by atoms with Crippen molar-refractivity contribution >= 4 is 17.5 Å². The topological polar surface area (TPSA) is 52.7 Å². The van der Waals surface area contributed by atoms with Crippen LogP contribution in [-0.4, -0.2) is 43.9 Å². The third-order valence-electron chi connectivity index (χ3n) is 3.70. The van der Waals surface area contributed by atoms with E-state index in [1.54, 1.807) is 4.90 Å². The van der Waals surface area contributed by atoms with Gasteiger partial charge in [0.2, 0.25) is 11.8 Å². The van der Waals surface area contributed by atoms with Gasteiger partial charge in [0.1, 0.15) is 0 Å². The lowest BCUT2D eigenvalue weighted by Gasteiger charge is -2.26. The maximum atomic E-state index is 11.9. The standard InChI is InChI=1S/C16H23N3O2/c1-18(2)14-8-6-13(7-9-14)11-17-15(20)12-19-10-4-3-5-16(19)21/h6-9H,3-5,10-12H2,1-2H3,(H,17,20). The molecule has 0 spiro atoms. The lowest BCUT2D eigenvalue weighted by Crippen LogP contribution is -2.42. The zero-order valence-electron chi connectivity index (χ0n) is 12.8. The van der Waals surface area contributed by atoms with Gasteiger partial charge in [-0.3, -0.25) is 9.59 Å². The number of hydrogen-bond acceptors (Lipinski definition) is 3. The first-order chi connectivity index (χ1) is 10.1. The number of piperidine rings is 1. The number of anilines is 1. The van der Waals surface area contributed by atoms with E-state index in [4.69, 9.17) is 0 Å². The quantitative estimate of drug-likeness (QED) is 0.891. The van der Waals surface area contributed by atoms with Gasteiger partial charge in [-0.1, -0.05) is 12.1 Å². The molecule has 0 saturated carbocycles. The molecule has 5 heteroatoms. The van der Waals surface area contributed by atoms with E-state index < -0.39 is 0 Å². The van der Waals surface area contributed by atoms with Gasteiger partial charge in [-0.05, 0) is 30.5 Å². The molecule has 1 aliphatic heterocycles. The number of benzene rings is 1. The molecule has 0 atom stereocenters. The number of carbonyl (C=O) groups excluding carboxylic acids is 2. The van der Waals surface area contributed by atoms with E-state index in [1.165, 1.54) is 0 Å². The molecule has 1 aromatic carbocycles. The molecule has 114 valence electrons. The Hall–Kier alpha value is -2.04. The van der Waals surface area contributed by atoms with Crippen molar-refractivity contribution in [3.63, 3.8) is 0 Å². The monoisotopic (exact) mass is 289 g/mol. The summed E-state index contributed by atoms with van der Waals surface area (Å²) in [5.41, 5.74) is 2.18. The van der Waals surface area contributed by atoms with Crippen LogP contribution in [0.1, 0.15) is 24.8 Å². The molecule has 5 nitrogen and oxygen atoms in total. The molecular formula is C16H23N3O2.